The predicted molar refractivity (Wildman–Crippen MR) is 93.9 cm³/mol. The minimum Gasteiger partial charge on any atom is -0.494 e. The second-order valence-corrected chi connectivity index (χ2v) is 8.79. The first-order valence-electron chi connectivity index (χ1n) is 7.58. The number of hydrogen-bond acceptors (Lipinski definition) is 6. The summed E-state index contributed by atoms with van der Waals surface area (Å²) in [4.78, 5) is 16.9. The van der Waals surface area contributed by atoms with E-state index in [1.807, 2.05) is 18.2 Å². The number of fused-ring (bicyclic) bond motifs is 1. The van der Waals surface area contributed by atoms with Gasteiger partial charge < -0.3 is 10.1 Å². The van der Waals surface area contributed by atoms with Gasteiger partial charge in [0, 0.05) is 13.1 Å². The highest BCUT2D eigenvalue weighted by Crippen LogP contribution is 2.32. The van der Waals surface area contributed by atoms with Gasteiger partial charge in [0.05, 0.1) is 24.0 Å². The highest BCUT2D eigenvalue weighted by molar-refractivity contribution is 7.88. The third kappa shape index (κ3) is 3.52. The van der Waals surface area contributed by atoms with E-state index in [-0.39, 0.29) is 18.4 Å². The number of rotatable bonds is 4. The smallest absolute Gasteiger partial charge is 0.230 e. The number of hydrogen-bond donors (Lipinski definition) is 1. The SMILES string of the molecule is COc1cccc2sc(NC(=O)C3CCCN(S(C)(=O)=O)C3)nc12. The second-order valence-electron chi connectivity index (χ2n) is 5.78. The molecule has 1 aromatic carbocycles. The first-order valence-corrected chi connectivity index (χ1v) is 10.2. The molecule has 1 unspecified atom stereocenters. The Morgan fingerprint density at radius 1 is 1.46 bits per heavy atom. The summed E-state index contributed by atoms with van der Waals surface area (Å²) < 4.78 is 30.9. The molecule has 1 aliphatic rings. The quantitative estimate of drug-likeness (QED) is 0.889. The van der Waals surface area contributed by atoms with E-state index in [1.54, 1.807) is 7.11 Å². The fraction of sp³-hybridized carbons (Fsp3) is 0.467. The average Bonchev–Trinajstić information content (AvgIpc) is 2.96. The summed E-state index contributed by atoms with van der Waals surface area (Å²) in [6.07, 6.45) is 2.53. The average molecular weight is 369 g/mol. The van der Waals surface area contributed by atoms with Crippen LogP contribution in [-0.4, -0.2) is 50.1 Å². The van der Waals surface area contributed by atoms with Crippen LogP contribution in [0.1, 0.15) is 12.8 Å². The molecule has 1 N–H and O–H groups in total. The van der Waals surface area contributed by atoms with Gasteiger partial charge in [-0.15, -0.1) is 0 Å². The van der Waals surface area contributed by atoms with E-state index >= 15 is 0 Å². The number of aromatic nitrogens is 1. The summed E-state index contributed by atoms with van der Waals surface area (Å²) in [5.74, 6) is 0.105. The van der Waals surface area contributed by atoms with E-state index in [1.165, 1.54) is 21.9 Å². The summed E-state index contributed by atoms with van der Waals surface area (Å²) in [6, 6.07) is 5.60. The van der Waals surface area contributed by atoms with Gasteiger partial charge in [-0.3, -0.25) is 4.79 Å². The summed E-state index contributed by atoms with van der Waals surface area (Å²) >= 11 is 1.37. The van der Waals surface area contributed by atoms with Crippen molar-refractivity contribution >= 4 is 42.6 Å². The summed E-state index contributed by atoms with van der Waals surface area (Å²) in [5.41, 5.74) is 0.710. The Balaban J connectivity index is 1.75. The zero-order chi connectivity index (χ0) is 17.3. The highest BCUT2D eigenvalue weighted by atomic mass is 32.2. The van der Waals surface area contributed by atoms with Gasteiger partial charge in [-0.25, -0.2) is 17.7 Å². The lowest BCUT2D eigenvalue weighted by molar-refractivity contribution is -0.120. The van der Waals surface area contributed by atoms with E-state index < -0.39 is 10.0 Å². The Morgan fingerprint density at radius 3 is 2.96 bits per heavy atom. The Bertz CT molecular complexity index is 863. The molecule has 0 saturated carbocycles. The van der Waals surface area contributed by atoms with Gasteiger partial charge in [0.1, 0.15) is 11.3 Å². The van der Waals surface area contributed by atoms with Crippen molar-refractivity contribution in [3.63, 3.8) is 0 Å². The van der Waals surface area contributed by atoms with Gasteiger partial charge in [-0.2, -0.15) is 0 Å². The molecule has 3 rings (SSSR count). The van der Waals surface area contributed by atoms with Crippen molar-refractivity contribution < 1.29 is 17.9 Å². The number of amides is 1. The van der Waals surface area contributed by atoms with Crippen LogP contribution >= 0.6 is 11.3 Å². The van der Waals surface area contributed by atoms with Crippen molar-refractivity contribution in [3.05, 3.63) is 18.2 Å². The molecule has 0 bridgehead atoms. The fourth-order valence-electron chi connectivity index (χ4n) is 2.81. The Kier molecular flexibility index (Phi) is 4.75. The predicted octanol–water partition coefficient (Wildman–Crippen LogP) is 1.91. The first kappa shape index (κ1) is 17.1. The molecule has 130 valence electrons. The van der Waals surface area contributed by atoms with Gasteiger partial charge in [0.15, 0.2) is 5.13 Å². The number of nitrogens with one attached hydrogen (secondary N) is 1. The van der Waals surface area contributed by atoms with Crippen LogP contribution in [0.5, 0.6) is 5.75 Å². The molecule has 1 amide bonds. The van der Waals surface area contributed by atoms with Gasteiger partial charge in [-0.05, 0) is 25.0 Å². The molecule has 2 heterocycles. The second kappa shape index (κ2) is 6.66. The number of methoxy groups -OCH3 is 1. The Labute approximate surface area is 144 Å². The number of thiazole rings is 1. The zero-order valence-electron chi connectivity index (χ0n) is 13.5. The fourth-order valence-corrected chi connectivity index (χ4v) is 4.60. The van der Waals surface area contributed by atoms with Crippen LogP contribution in [0.3, 0.4) is 0 Å². The number of carbonyl (C=O) groups excluding carboxylic acids is 1. The largest absolute Gasteiger partial charge is 0.494 e. The van der Waals surface area contributed by atoms with Gasteiger partial charge in [-0.1, -0.05) is 17.4 Å². The molecule has 2 aromatic rings. The molecule has 1 atom stereocenters. The van der Waals surface area contributed by atoms with Gasteiger partial charge in [0.2, 0.25) is 15.9 Å². The third-order valence-corrected chi connectivity index (χ3v) is 6.26. The number of para-hydroxylation sites is 1. The summed E-state index contributed by atoms with van der Waals surface area (Å²) in [5, 5.41) is 3.31. The van der Waals surface area contributed by atoms with Gasteiger partial charge >= 0.3 is 0 Å². The van der Waals surface area contributed by atoms with Crippen LogP contribution in [0, 0.1) is 5.92 Å². The first-order chi connectivity index (χ1) is 11.4. The lowest BCUT2D eigenvalue weighted by atomic mass is 9.99. The normalized spacial score (nSPS) is 19.3. The third-order valence-electron chi connectivity index (χ3n) is 4.06. The van der Waals surface area contributed by atoms with Crippen LogP contribution in [0.25, 0.3) is 10.2 Å². The van der Waals surface area contributed by atoms with Crippen LogP contribution in [-0.2, 0) is 14.8 Å². The van der Waals surface area contributed by atoms with E-state index in [9.17, 15) is 13.2 Å². The van der Waals surface area contributed by atoms with Crippen molar-refractivity contribution in [1.82, 2.24) is 9.29 Å². The molecular weight excluding hydrogens is 350 g/mol. The lowest BCUT2D eigenvalue weighted by Crippen LogP contribution is -2.43. The van der Waals surface area contributed by atoms with E-state index in [2.05, 4.69) is 10.3 Å². The minimum atomic E-state index is -3.27. The van der Waals surface area contributed by atoms with Crippen molar-refractivity contribution in [1.29, 1.82) is 0 Å². The standard InChI is InChI=1S/C15H19N3O4S2/c1-22-11-6-3-7-12-13(11)16-15(23-12)17-14(19)10-5-4-8-18(9-10)24(2,20)21/h3,6-7,10H,4-5,8-9H2,1-2H3,(H,16,17,19). The Hall–Kier alpha value is -1.71. The lowest BCUT2D eigenvalue weighted by Gasteiger charge is -2.29. The van der Waals surface area contributed by atoms with E-state index in [0.29, 0.717) is 35.8 Å². The Morgan fingerprint density at radius 2 is 2.25 bits per heavy atom. The maximum Gasteiger partial charge on any atom is 0.230 e. The monoisotopic (exact) mass is 369 g/mol. The molecule has 1 aromatic heterocycles. The molecule has 7 nitrogen and oxygen atoms in total. The van der Waals surface area contributed by atoms with Crippen molar-refractivity contribution in [2.24, 2.45) is 5.92 Å². The van der Waals surface area contributed by atoms with Crippen LogP contribution < -0.4 is 10.1 Å². The van der Waals surface area contributed by atoms with E-state index in [4.69, 9.17) is 4.74 Å². The maximum atomic E-state index is 12.5. The molecule has 1 aliphatic heterocycles. The number of anilines is 1. The molecule has 9 heteroatoms. The number of sulfonamides is 1. The topological polar surface area (TPSA) is 88.6 Å². The van der Waals surface area contributed by atoms with Crippen LogP contribution in [0.4, 0.5) is 5.13 Å². The van der Waals surface area contributed by atoms with Crippen molar-refractivity contribution in [3.8, 4) is 5.75 Å². The number of benzene rings is 1. The van der Waals surface area contributed by atoms with E-state index in [0.717, 1.165) is 4.70 Å². The highest BCUT2D eigenvalue weighted by Gasteiger charge is 2.30. The molecule has 24 heavy (non-hydrogen) atoms. The summed E-state index contributed by atoms with van der Waals surface area (Å²) in [7, 11) is -1.69. The van der Waals surface area contributed by atoms with Crippen molar-refractivity contribution in [2.45, 2.75) is 12.8 Å². The maximum absolute atomic E-state index is 12.5. The van der Waals surface area contributed by atoms with Gasteiger partial charge in [0.25, 0.3) is 0 Å². The minimum absolute atomic E-state index is 0.193. The van der Waals surface area contributed by atoms with Crippen molar-refractivity contribution in [2.75, 3.05) is 31.8 Å². The molecule has 0 spiro atoms. The molecular formula is C15H19N3O4S2. The molecule has 0 radical (unpaired) electrons. The van der Waals surface area contributed by atoms with Crippen LogP contribution in [0.2, 0.25) is 0 Å². The molecule has 1 fully saturated rings. The number of carbonyl (C=O) groups is 1. The molecule has 1 saturated heterocycles. The number of ether oxygens (including phenoxy) is 1. The molecule has 0 aliphatic carbocycles. The van der Waals surface area contributed by atoms with Crippen LogP contribution in [0.15, 0.2) is 18.2 Å². The number of piperidine rings is 1. The number of nitrogens with zero attached hydrogens (tertiary/aromatic N) is 2. The zero-order valence-corrected chi connectivity index (χ0v) is 15.1. The summed E-state index contributed by atoms with van der Waals surface area (Å²) in [6.45, 7) is 0.694.